The quantitative estimate of drug-likeness (QED) is 0.321. The number of hydrogen-bond donors (Lipinski definition) is 3. The summed E-state index contributed by atoms with van der Waals surface area (Å²) < 4.78 is 31.1. The molecule has 0 unspecified atom stereocenters. The highest BCUT2D eigenvalue weighted by molar-refractivity contribution is 7.88. The van der Waals surface area contributed by atoms with Crippen LogP contribution in [0.25, 0.3) is 22.2 Å². The van der Waals surface area contributed by atoms with Crippen LogP contribution in [0.2, 0.25) is 0 Å². The molecule has 0 saturated heterocycles. The minimum atomic E-state index is -3.33. The first-order chi connectivity index (χ1) is 19.3. The van der Waals surface area contributed by atoms with Gasteiger partial charge in [-0.2, -0.15) is 0 Å². The zero-order chi connectivity index (χ0) is 29.7. The number of rotatable bonds is 9. The number of carbonyl (C=O) groups excluding carboxylic acids is 2. The van der Waals surface area contributed by atoms with Crippen LogP contribution >= 0.6 is 0 Å². The van der Waals surface area contributed by atoms with Crippen LogP contribution in [0, 0.1) is 5.41 Å². The van der Waals surface area contributed by atoms with Crippen molar-refractivity contribution >= 4 is 32.9 Å². The van der Waals surface area contributed by atoms with Crippen LogP contribution < -0.4 is 15.4 Å². The number of pyridine rings is 1. The van der Waals surface area contributed by atoms with Crippen molar-refractivity contribution in [2.45, 2.75) is 65.0 Å². The zero-order valence-electron chi connectivity index (χ0n) is 24.2. The predicted octanol–water partition coefficient (Wildman–Crippen LogP) is 5.16. The number of benzene rings is 2. The first-order valence-corrected chi connectivity index (χ1v) is 15.9. The molecule has 1 fully saturated rings. The Kier molecular flexibility index (Phi) is 9.34. The van der Waals surface area contributed by atoms with E-state index in [1.807, 2.05) is 69.3 Å². The molecule has 1 aromatic heterocycles. The normalized spacial score (nSPS) is 15.3. The number of nitrogens with zero attached hydrogens (tertiary/aromatic N) is 1. The van der Waals surface area contributed by atoms with E-state index in [0.717, 1.165) is 54.9 Å². The van der Waals surface area contributed by atoms with Crippen LogP contribution in [0.4, 0.5) is 4.79 Å². The molecule has 0 aliphatic heterocycles. The fourth-order valence-corrected chi connectivity index (χ4v) is 5.65. The van der Waals surface area contributed by atoms with Gasteiger partial charge in [-0.15, -0.1) is 0 Å². The van der Waals surface area contributed by atoms with Crippen molar-refractivity contribution in [1.29, 1.82) is 0 Å². The number of aromatic nitrogens is 1. The third-order valence-electron chi connectivity index (χ3n) is 7.27. The third-order valence-corrected chi connectivity index (χ3v) is 7.94. The molecule has 0 radical (unpaired) electrons. The highest BCUT2D eigenvalue weighted by Gasteiger charge is 2.34. The molecule has 0 spiro atoms. The van der Waals surface area contributed by atoms with Gasteiger partial charge in [0.1, 0.15) is 5.60 Å². The number of carbonyl (C=O) groups is 2. The van der Waals surface area contributed by atoms with Gasteiger partial charge >= 0.3 is 6.09 Å². The predicted molar refractivity (Wildman–Crippen MR) is 161 cm³/mol. The van der Waals surface area contributed by atoms with Crippen molar-refractivity contribution in [3.63, 3.8) is 0 Å². The molecule has 3 aromatic rings. The van der Waals surface area contributed by atoms with E-state index in [0.29, 0.717) is 29.9 Å². The second kappa shape index (κ2) is 12.6. The number of sulfonamides is 1. The van der Waals surface area contributed by atoms with Gasteiger partial charge in [0.15, 0.2) is 0 Å². The van der Waals surface area contributed by atoms with Gasteiger partial charge in [-0.3, -0.25) is 4.79 Å². The number of ether oxygens (including phenoxy) is 1. The number of hydrogen-bond acceptors (Lipinski definition) is 6. The maximum absolute atomic E-state index is 13.7. The second-order valence-electron chi connectivity index (χ2n) is 12.0. The van der Waals surface area contributed by atoms with Crippen LogP contribution in [0.3, 0.4) is 0 Å². The van der Waals surface area contributed by atoms with Crippen molar-refractivity contribution in [3.05, 3.63) is 65.7 Å². The first-order valence-electron chi connectivity index (χ1n) is 14.0. The first kappa shape index (κ1) is 30.5. The van der Waals surface area contributed by atoms with Gasteiger partial charge < -0.3 is 15.4 Å². The summed E-state index contributed by atoms with van der Waals surface area (Å²) in [6.45, 7) is 6.52. The van der Waals surface area contributed by atoms with E-state index >= 15 is 0 Å². The van der Waals surface area contributed by atoms with Gasteiger partial charge in [-0.1, -0.05) is 55.7 Å². The molecule has 1 saturated carbocycles. The Morgan fingerprint density at radius 1 is 0.951 bits per heavy atom. The fraction of sp³-hybridized carbons (Fsp3) is 0.452. The molecule has 10 heteroatoms. The van der Waals surface area contributed by atoms with Crippen LogP contribution in [0.1, 0.15) is 68.8 Å². The van der Waals surface area contributed by atoms with Crippen LogP contribution in [0.15, 0.2) is 54.6 Å². The summed E-state index contributed by atoms with van der Waals surface area (Å²) in [5.41, 5.74) is 2.55. The van der Waals surface area contributed by atoms with Crippen molar-refractivity contribution in [2.75, 3.05) is 19.3 Å². The molecule has 1 aliphatic carbocycles. The SMILES string of the molecule is CC(C)(C)OC(=O)NCC1(CNC(=O)c2cc(-c3cccc(CNS(C)(=O)=O)c3)nc3ccccc23)CCCCC1. The van der Waals surface area contributed by atoms with E-state index in [9.17, 15) is 18.0 Å². The maximum Gasteiger partial charge on any atom is 0.407 e. The van der Waals surface area contributed by atoms with Gasteiger partial charge in [0.05, 0.1) is 23.0 Å². The van der Waals surface area contributed by atoms with Crippen molar-refractivity contribution < 1.29 is 22.7 Å². The lowest BCUT2D eigenvalue weighted by Crippen LogP contribution is -2.47. The topological polar surface area (TPSA) is 126 Å². The smallest absolute Gasteiger partial charge is 0.407 e. The summed E-state index contributed by atoms with van der Waals surface area (Å²) in [5.74, 6) is -0.207. The summed E-state index contributed by atoms with van der Waals surface area (Å²) in [6.07, 6.45) is 5.70. The highest BCUT2D eigenvalue weighted by Crippen LogP contribution is 2.35. The van der Waals surface area contributed by atoms with Crippen molar-refractivity contribution in [1.82, 2.24) is 20.3 Å². The average molecular weight is 581 g/mol. The number of fused-ring (bicyclic) bond motifs is 1. The van der Waals surface area contributed by atoms with Gasteiger partial charge in [-0.05, 0) is 57.4 Å². The van der Waals surface area contributed by atoms with Crippen LogP contribution in [-0.4, -0.2) is 50.3 Å². The minimum absolute atomic E-state index is 0.160. The molecule has 4 rings (SSSR count). The zero-order valence-corrected chi connectivity index (χ0v) is 25.1. The largest absolute Gasteiger partial charge is 0.444 e. The minimum Gasteiger partial charge on any atom is -0.444 e. The molecule has 2 amide bonds. The molecular weight excluding hydrogens is 540 g/mol. The van der Waals surface area contributed by atoms with E-state index < -0.39 is 21.7 Å². The van der Waals surface area contributed by atoms with Gasteiger partial charge in [-0.25, -0.2) is 22.9 Å². The van der Waals surface area contributed by atoms with E-state index in [4.69, 9.17) is 9.72 Å². The third kappa shape index (κ3) is 8.74. The number of para-hydroxylation sites is 1. The second-order valence-corrected chi connectivity index (χ2v) is 13.8. The Morgan fingerprint density at radius 3 is 2.37 bits per heavy atom. The lowest BCUT2D eigenvalue weighted by atomic mass is 9.74. The van der Waals surface area contributed by atoms with Crippen LogP contribution in [-0.2, 0) is 21.3 Å². The molecule has 9 nitrogen and oxygen atoms in total. The fourth-order valence-electron chi connectivity index (χ4n) is 5.22. The highest BCUT2D eigenvalue weighted by atomic mass is 32.2. The summed E-state index contributed by atoms with van der Waals surface area (Å²) >= 11 is 0. The Labute approximate surface area is 242 Å². The van der Waals surface area contributed by atoms with E-state index in [1.165, 1.54) is 0 Å². The Morgan fingerprint density at radius 2 is 1.66 bits per heavy atom. The Bertz CT molecular complexity index is 1510. The molecular formula is C31H40N4O5S. The lowest BCUT2D eigenvalue weighted by Gasteiger charge is -2.37. The van der Waals surface area contributed by atoms with E-state index in [2.05, 4.69) is 15.4 Å². The average Bonchev–Trinajstić information content (AvgIpc) is 2.93. The van der Waals surface area contributed by atoms with E-state index in [-0.39, 0.29) is 17.9 Å². The summed E-state index contributed by atoms with van der Waals surface area (Å²) in [5, 5.41) is 6.84. The van der Waals surface area contributed by atoms with E-state index in [1.54, 1.807) is 6.07 Å². The van der Waals surface area contributed by atoms with Crippen molar-refractivity contribution in [3.8, 4) is 11.3 Å². The maximum atomic E-state index is 13.7. The molecule has 0 bridgehead atoms. The number of nitrogens with one attached hydrogen (secondary N) is 3. The summed E-state index contributed by atoms with van der Waals surface area (Å²) in [4.78, 5) is 30.9. The van der Waals surface area contributed by atoms with Gasteiger partial charge in [0, 0.05) is 36.0 Å². The standard InChI is InChI=1S/C31H40N4O5S/c1-30(2,3)40-29(37)33-21-31(15-8-5-9-16-31)20-32-28(36)25-18-27(35-26-14-7-6-13-24(25)26)23-12-10-11-22(17-23)19-34-41(4,38)39/h6-7,10-14,17-18,34H,5,8-9,15-16,19-21H2,1-4H3,(H,32,36)(H,33,37). The number of amides is 2. The molecule has 1 aliphatic rings. The molecule has 3 N–H and O–H groups in total. The lowest BCUT2D eigenvalue weighted by molar-refractivity contribution is 0.0482. The Balaban J connectivity index is 1.56. The molecule has 2 aromatic carbocycles. The number of alkyl carbamates (subject to hydrolysis) is 1. The molecule has 0 atom stereocenters. The summed E-state index contributed by atoms with van der Waals surface area (Å²) in [7, 11) is -3.33. The summed E-state index contributed by atoms with van der Waals surface area (Å²) in [6, 6.07) is 16.7. The van der Waals surface area contributed by atoms with Gasteiger partial charge in [0.2, 0.25) is 10.0 Å². The van der Waals surface area contributed by atoms with Gasteiger partial charge in [0.25, 0.3) is 5.91 Å². The molecule has 220 valence electrons. The molecule has 41 heavy (non-hydrogen) atoms. The Hall–Kier alpha value is -3.50. The molecule has 1 heterocycles. The monoisotopic (exact) mass is 580 g/mol. The van der Waals surface area contributed by atoms with Crippen LogP contribution in [0.5, 0.6) is 0 Å². The van der Waals surface area contributed by atoms with Crippen molar-refractivity contribution in [2.24, 2.45) is 5.41 Å².